The van der Waals surface area contributed by atoms with E-state index in [2.05, 4.69) is 15.5 Å². The van der Waals surface area contributed by atoms with Gasteiger partial charge in [-0.3, -0.25) is 14.9 Å². The maximum atomic E-state index is 11.6. The molecule has 2 N–H and O–H groups in total. The molecule has 2 aromatic rings. The molecule has 0 saturated heterocycles. The summed E-state index contributed by atoms with van der Waals surface area (Å²) in [6.07, 6.45) is 3.16. The van der Waals surface area contributed by atoms with Crippen LogP contribution < -0.4 is 10.2 Å². The third kappa shape index (κ3) is 4.17. The molecule has 1 heterocycles. The highest BCUT2D eigenvalue weighted by Crippen LogP contribution is 2.27. The Hall–Kier alpha value is -3.16. The molecule has 22 heavy (non-hydrogen) atoms. The van der Waals surface area contributed by atoms with Crippen LogP contribution in [0.25, 0.3) is 0 Å². The molecule has 0 unspecified atom stereocenters. The Kier molecular flexibility index (Phi) is 4.86. The summed E-state index contributed by atoms with van der Waals surface area (Å²) in [6.45, 7) is 1.37. The number of benzene rings is 1. The van der Waals surface area contributed by atoms with E-state index in [1.807, 2.05) is 0 Å². The Bertz CT molecular complexity index is 695. The number of carbonyl (C=O) groups is 1. The highest BCUT2D eigenvalue weighted by Gasteiger charge is 2.16. The molecule has 0 fully saturated rings. The largest absolute Gasteiger partial charge is 0.477 e. The number of aromatic nitrogens is 1. The van der Waals surface area contributed by atoms with Gasteiger partial charge >= 0.3 is 5.69 Å². The van der Waals surface area contributed by atoms with Crippen LogP contribution in [0.5, 0.6) is 5.75 Å². The topological polar surface area (TPSA) is 110 Å². The number of carbonyl (C=O) groups excluding carboxylic acids is 1. The number of H-pyrrole nitrogens is 1. The fraction of sp³-hybridized carbons (Fsp3) is 0.143. The van der Waals surface area contributed by atoms with Crippen molar-refractivity contribution in [1.29, 1.82) is 0 Å². The predicted octanol–water partition coefficient (Wildman–Crippen LogP) is 1.76. The summed E-state index contributed by atoms with van der Waals surface area (Å²) in [4.78, 5) is 24.8. The molecule has 0 spiro atoms. The Morgan fingerprint density at radius 3 is 3.00 bits per heavy atom. The van der Waals surface area contributed by atoms with Crippen LogP contribution in [0.15, 0.2) is 41.6 Å². The number of nitrogens with zero attached hydrogens (tertiary/aromatic N) is 2. The number of hydrogen-bond donors (Lipinski definition) is 2. The van der Waals surface area contributed by atoms with Gasteiger partial charge in [0.05, 0.1) is 16.8 Å². The van der Waals surface area contributed by atoms with Gasteiger partial charge < -0.3 is 9.72 Å². The van der Waals surface area contributed by atoms with E-state index in [1.54, 1.807) is 31.3 Å². The molecule has 2 rings (SSSR count). The standard InChI is InChI=1S/C14H14N4O4/c1-10-4-5-13(12(7-10)18(20)21)22-9-14(19)17-16-8-11-3-2-6-15-11/h2-8,15H,9H2,1H3,(H,17,19)/b16-8+. The number of ether oxygens (including phenoxy) is 1. The average molecular weight is 302 g/mol. The summed E-state index contributed by atoms with van der Waals surface area (Å²) in [5.74, 6) is -0.475. The summed E-state index contributed by atoms with van der Waals surface area (Å²) in [7, 11) is 0. The van der Waals surface area contributed by atoms with E-state index in [0.717, 1.165) is 11.3 Å². The van der Waals surface area contributed by atoms with Gasteiger partial charge in [0.15, 0.2) is 12.4 Å². The van der Waals surface area contributed by atoms with Crippen LogP contribution in [-0.4, -0.2) is 28.6 Å². The Morgan fingerprint density at radius 2 is 2.32 bits per heavy atom. The molecule has 0 radical (unpaired) electrons. The van der Waals surface area contributed by atoms with Crippen LogP contribution in [0.2, 0.25) is 0 Å². The van der Waals surface area contributed by atoms with Crippen LogP contribution in [0.4, 0.5) is 5.69 Å². The molecule has 0 bridgehead atoms. The summed E-state index contributed by atoms with van der Waals surface area (Å²) in [5.41, 5.74) is 3.56. The van der Waals surface area contributed by atoms with Gasteiger partial charge in [-0.25, -0.2) is 5.43 Å². The van der Waals surface area contributed by atoms with E-state index in [1.165, 1.54) is 18.3 Å². The summed E-state index contributed by atoms with van der Waals surface area (Å²) in [5, 5.41) is 14.6. The number of aryl methyl sites for hydroxylation is 1. The molecular formula is C14H14N4O4. The van der Waals surface area contributed by atoms with Crippen molar-refractivity contribution in [3.05, 3.63) is 57.9 Å². The molecule has 8 nitrogen and oxygen atoms in total. The molecule has 0 atom stereocenters. The van der Waals surface area contributed by atoms with Crippen molar-refractivity contribution in [2.75, 3.05) is 6.61 Å². The van der Waals surface area contributed by atoms with Gasteiger partial charge in [-0.05, 0) is 30.7 Å². The molecule has 0 aliphatic rings. The lowest BCUT2D eigenvalue weighted by atomic mass is 10.2. The van der Waals surface area contributed by atoms with E-state index in [4.69, 9.17) is 4.74 Å². The Balaban J connectivity index is 1.90. The quantitative estimate of drug-likeness (QED) is 0.481. The first-order chi connectivity index (χ1) is 10.6. The highest BCUT2D eigenvalue weighted by molar-refractivity contribution is 5.81. The molecule has 0 saturated carbocycles. The third-order valence-electron chi connectivity index (χ3n) is 2.68. The van der Waals surface area contributed by atoms with Gasteiger partial charge in [-0.2, -0.15) is 5.10 Å². The van der Waals surface area contributed by atoms with Gasteiger partial charge in [0.25, 0.3) is 5.91 Å². The van der Waals surface area contributed by atoms with Crippen LogP contribution in [-0.2, 0) is 4.79 Å². The molecule has 1 aromatic heterocycles. The Morgan fingerprint density at radius 1 is 1.50 bits per heavy atom. The average Bonchev–Trinajstić information content (AvgIpc) is 2.99. The highest BCUT2D eigenvalue weighted by atomic mass is 16.6. The van der Waals surface area contributed by atoms with E-state index in [-0.39, 0.29) is 18.0 Å². The molecule has 114 valence electrons. The number of amides is 1. The molecule has 8 heteroatoms. The van der Waals surface area contributed by atoms with Crippen molar-refractivity contribution in [3.63, 3.8) is 0 Å². The molecular weight excluding hydrogens is 288 g/mol. The minimum Gasteiger partial charge on any atom is -0.477 e. The maximum absolute atomic E-state index is 11.6. The zero-order valence-electron chi connectivity index (χ0n) is 11.8. The van der Waals surface area contributed by atoms with Crippen molar-refractivity contribution in [1.82, 2.24) is 10.4 Å². The fourth-order valence-electron chi connectivity index (χ4n) is 1.67. The number of hydrogen-bond acceptors (Lipinski definition) is 5. The zero-order valence-corrected chi connectivity index (χ0v) is 11.8. The first kappa shape index (κ1) is 15.2. The SMILES string of the molecule is Cc1ccc(OCC(=O)N/N=C/c2ccc[nH]2)c([N+](=O)[O-])c1. The molecule has 0 aliphatic heterocycles. The minimum absolute atomic E-state index is 0.0408. The normalized spacial score (nSPS) is 10.6. The summed E-state index contributed by atoms with van der Waals surface area (Å²) < 4.78 is 5.17. The fourth-order valence-corrected chi connectivity index (χ4v) is 1.67. The summed E-state index contributed by atoms with van der Waals surface area (Å²) >= 11 is 0. The Labute approximate surface area is 126 Å². The van der Waals surface area contributed by atoms with Gasteiger partial charge in [-0.1, -0.05) is 6.07 Å². The van der Waals surface area contributed by atoms with E-state index < -0.39 is 10.8 Å². The number of rotatable bonds is 6. The van der Waals surface area contributed by atoms with Crippen molar-refractivity contribution >= 4 is 17.8 Å². The number of nitro groups is 1. The number of hydrazone groups is 1. The van der Waals surface area contributed by atoms with Crippen molar-refractivity contribution in [2.24, 2.45) is 5.10 Å². The number of aromatic amines is 1. The second-order valence-corrected chi connectivity index (χ2v) is 4.44. The van der Waals surface area contributed by atoms with Crippen LogP contribution in [0.1, 0.15) is 11.3 Å². The van der Waals surface area contributed by atoms with Crippen LogP contribution >= 0.6 is 0 Å². The lowest BCUT2D eigenvalue weighted by Crippen LogP contribution is -2.24. The van der Waals surface area contributed by atoms with Crippen molar-refractivity contribution < 1.29 is 14.5 Å². The van der Waals surface area contributed by atoms with Crippen LogP contribution in [0.3, 0.4) is 0 Å². The third-order valence-corrected chi connectivity index (χ3v) is 2.68. The molecule has 1 amide bonds. The summed E-state index contributed by atoms with van der Waals surface area (Å²) in [6, 6.07) is 8.09. The second-order valence-electron chi connectivity index (χ2n) is 4.44. The molecule has 1 aromatic carbocycles. The second kappa shape index (κ2) is 7.02. The van der Waals surface area contributed by atoms with E-state index in [9.17, 15) is 14.9 Å². The smallest absolute Gasteiger partial charge is 0.311 e. The number of nitro benzene ring substituents is 1. The monoisotopic (exact) mass is 302 g/mol. The van der Waals surface area contributed by atoms with Gasteiger partial charge in [0.2, 0.25) is 0 Å². The van der Waals surface area contributed by atoms with Gasteiger partial charge in [0, 0.05) is 12.3 Å². The zero-order chi connectivity index (χ0) is 15.9. The maximum Gasteiger partial charge on any atom is 0.311 e. The van der Waals surface area contributed by atoms with Gasteiger partial charge in [-0.15, -0.1) is 0 Å². The first-order valence-corrected chi connectivity index (χ1v) is 6.39. The molecule has 0 aliphatic carbocycles. The predicted molar refractivity (Wildman–Crippen MR) is 79.9 cm³/mol. The van der Waals surface area contributed by atoms with Crippen LogP contribution in [0, 0.1) is 17.0 Å². The lowest BCUT2D eigenvalue weighted by Gasteiger charge is -2.06. The number of nitrogens with one attached hydrogen (secondary N) is 2. The minimum atomic E-state index is -0.552. The van der Waals surface area contributed by atoms with Crippen molar-refractivity contribution in [2.45, 2.75) is 6.92 Å². The van der Waals surface area contributed by atoms with Crippen molar-refractivity contribution in [3.8, 4) is 5.75 Å². The van der Waals surface area contributed by atoms with E-state index in [0.29, 0.717) is 0 Å². The van der Waals surface area contributed by atoms with Gasteiger partial charge in [0.1, 0.15) is 0 Å². The lowest BCUT2D eigenvalue weighted by molar-refractivity contribution is -0.385. The first-order valence-electron chi connectivity index (χ1n) is 6.39. The van der Waals surface area contributed by atoms with E-state index >= 15 is 0 Å².